The lowest BCUT2D eigenvalue weighted by Gasteiger charge is -2.01. The molecule has 0 aromatic carbocycles. The number of nitrogens with one attached hydrogen (secondary N) is 1. The number of aromatic nitrogens is 4. The molecule has 0 amide bonds. The molecule has 0 atom stereocenters. The Morgan fingerprint density at radius 1 is 1.37 bits per heavy atom. The molecule has 1 N–H and O–H groups in total. The molecule has 0 fully saturated rings. The Labute approximate surface area is 122 Å². The van der Waals surface area contributed by atoms with Crippen molar-refractivity contribution < 1.29 is 0 Å². The minimum Gasteiger partial charge on any atom is -0.300 e. The third-order valence-electron chi connectivity index (χ3n) is 2.94. The molecule has 0 unspecified atom stereocenters. The summed E-state index contributed by atoms with van der Waals surface area (Å²) in [5, 5.41) is 8.45. The van der Waals surface area contributed by atoms with Gasteiger partial charge in [0.15, 0.2) is 10.6 Å². The lowest BCUT2D eigenvalue weighted by Crippen LogP contribution is -1.98. The second-order valence-corrected chi connectivity index (χ2v) is 6.40. The van der Waals surface area contributed by atoms with E-state index in [1.165, 1.54) is 5.01 Å². The molecule has 0 saturated heterocycles. The van der Waals surface area contributed by atoms with Crippen molar-refractivity contribution >= 4 is 23.6 Å². The van der Waals surface area contributed by atoms with Gasteiger partial charge in [-0.2, -0.15) is 5.10 Å². The topological polar surface area (TPSA) is 46.5 Å². The van der Waals surface area contributed by atoms with Crippen LogP contribution in [0.4, 0.5) is 0 Å². The van der Waals surface area contributed by atoms with Gasteiger partial charge >= 0.3 is 0 Å². The summed E-state index contributed by atoms with van der Waals surface area (Å²) in [6.07, 6.45) is 1.95. The lowest BCUT2D eigenvalue weighted by molar-refractivity contribution is 0.643. The second kappa shape index (κ2) is 5.96. The van der Waals surface area contributed by atoms with E-state index in [0.717, 1.165) is 35.8 Å². The molecule has 2 aromatic rings. The predicted octanol–water partition coefficient (Wildman–Crippen LogP) is 3.84. The molecular formula is C13H20N4S2. The van der Waals surface area contributed by atoms with Crippen molar-refractivity contribution in [3.05, 3.63) is 15.5 Å². The van der Waals surface area contributed by atoms with Crippen molar-refractivity contribution in [2.45, 2.75) is 47.1 Å². The minimum atomic E-state index is 0.621. The molecule has 0 radical (unpaired) electrons. The Hall–Kier alpha value is -1.01. The number of rotatable bonds is 5. The Bertz CT molecular complexity index is 606. The monoisotopic (exact) mass is 296 g/mol. The van der Waals surface area contributed by atoms with Crippen LogP contribution in [-0.4, -0.2) is 19.7 Å². The van der Waals surface area contributed by atoms with Crippen LogP contribution in [0.1, 0.15) is 38.4 Å². The molecule has 0 saturated carbocycles. The van der Waals surface area contributed by atoms with E-state index in [-0.39, 0.29) is 0 Å². The van der Waals surface area contributed by atoms with Crippen LogP contribution in [0.2, 0.25) is 0 Å². The summed E-state index contributed by atoms with van der Waals surface area (Å²) in [6, 6.07) is 0. The van der Waals surface area contributed by atoms with Gasteiger partial charge in [0.25, 0.3) is 0 Å². The number of aromatic amines is 1. The summed E-state index contributed by atoms with van der Waals surface area (Å²) < 4.78 is 2.71. The van der Waals surface area contributed by atoms with Gasteiger partial charge in [0.1, 0.15) is 0 Å². The third-order valence-corrected chi connectivity index (χ3v) is 4.36. The molecule has 2 heterocycles. The largest absolute Gasteiger partial charge is 0.300 e. The highest BCUT2D eigenvalue weighted by molar-refractivity contribution is 7.71. The highest BCUT2D eigenvalue weighted by Gasteiger charge is 2.17. The van der Waals surface area contributed by atoms with Gasteiger partial charge in [-0.15, -0.1) is 11.3 Å². The van der Waals surface area contributed by atoms with Crippen molar-refractivity contribution in [2.75, 3.05) is 0 Å². The average Bonchev–Trinajstić information content (AvgIpc) is 2.91. The fraction of sp³-hybridized carbons (Fsp3) is 0.615. The number of nitrogens with zero attached hydrogens (tertiary/aromatic N) is 3. The third kappa shape index (κ3) is 2.95. The van der Waals surface area contributed by atoms with Crippen LogP contribution in [0.15, 0.2) is 0 Å². The van der Waals surface area contributed by atoms with Gasteiger partial charge in [-0.05, 0) is 31.5 Å². The highest BCUT2D eigenvalue weighted by Crippen LogP contribution is 2.30. The molecule has 0 bridgehead atoms. The Balaban J connectivity index is 2.48. The summed E-state index contributed by atoms with van der Waals surface area (Å²) in [5.41, 5.74) is 1.13. The highest BCUT2D eigenvalue weighted by atomic mass is 32.1. The van der Waals surface area contributed by atoms with Crippen LogP contribution < -0.4 is 0 Å². The van der Waals surface area contributed by atoms with Crippen molar-refractivity contribution in [3.63, 3.8) is 0 Å². The van der Waals surface area contributed by atoms with Crippen LogP contribution in [0.5, 0.6) is 0 Å². The van der Waals surface area contributed by atoms with Gasteiger partial charge in [-0.1, -0.05) is 20.8 Å². The maximum atomic E-state index is 5.26. The normalized spacial score (nSPS) is 11.4. The molecule has 4 nitrogen and oxygen atoms in total. The summed E-state index contributed by atoms with van der Waals surface area (Å²) in [7, 11) is 0. The fourth-order valence-electron chi connectivity index (χ4n) is 2.04. The van der Waals surface area contributed by atoms with E-state index in [0.29, 0.717) is 10.7 Å². The first kappa shape index (κ1) is 14.4. The van der Waals surface area contributed by atoms with Gasteiger partial charge in [0, 0.05) is 13.0 Å². The first-order valence-corrected chi connectivity index (χ1v) is 7.93. The van der Waals surface area contributed by atoms with Crippen molar-refractivity contribution in [1.82, 2.24) is 19.7 Å². The van der Waals surface area contributed by atoms with Crippen LogP contribution >= 0.6 is 23.6 Å². The number of aryl methyl sites for hydroxylation is 1. The van der Waals surface area contributed by atoms with Gasteiger partial charge < -0.3 is 0 Å². The van der Waals surface area contributed by atoms with Crippen LogP contribution in [0.3, 0.4) is 0 Å². The summed E-state index contributed by atoms with van der Waals surface area (Å²) in [5.74, 6) is 1.55. The molecule has 0 spiro atoms. The van der Waals surface area contributed by atoms with E-state index in [1.807, 2.05) is 4.57 Å². The summed E-state index contributed by atoms with van der Waals surface area (Å²) in [4.78, 5) is 5.91. The number of hydrogen-bond acceptors (Lipinski definition) is 4. The van der Waals surface area contributed by atoms with Crippen molar-refractivity contribution in [2.24, 2.45) is 5.92 Å². The molecule has 0 aliphatic carbocycles. The first-order chi connectivity index (χ1) is 9.06. The zero-order chi connectivity index (χ0) is 14.0. The maximum Gasteiger partial charge on any atom is 0.195 e. The molecule has 19 heavy (non-hydrogen) atoms. The number of hydrogen-bond donors (Lipinski definition) is 1. The van der Waals surface area contributed by atoms with Gasteiger partial charge in [-0.25, -0.2) is 4.98 Å². The molecule has 0 aliphatic heterocycles. The van der Waals surface area contributed by atoms with Crippen LogP contribution in [0.25, 0.3) is 10.7 Å². The SMILES string of the molecule is CCc1nc(CC(C)C)sc1-c1n[nH]c(=S)n1CC. The molecular weight excluding hydrogens is 276 g/mol. The molecule has 2 aromatic heterocycles. The van der Waals surface area contributed by atoms with E-state index >= 15 is 0 Å². The molecule has 104 valence electrons. The van der Waals surface area contributed by atoms with Crippen LogP contribution in [-0.2, 0) is 19.4 Å². The van der Waals surface area contributed by atoms with Crippen molar-refractivity contribution in [3.8, 4) is 10.7 Å². The van der Waals surface area contributed by atoms with Gasteiger partial charge in [0.2, 0.25) is 0 Å². The molecule has 6 heteroatoms. The summed E-state index contributed by atoms with van der Waals surface area (Å²) in [6.45, 7) is 9.47. The molecule has 2 rings (SSSR count). The smallest absolute Gasteiger partial charge is 0.195 e. The van der Waals surface area contributed by atoms with Crippen LogP contribution in [0, 0.1) is 10.7 Å². The van der Waals surface area contributed by atoms with E-state index in [9.17, 15) is 0 Å². The Morgan fingerprint density at radius 2 is 2.11 bits per heavy atom. The first-order valence-electron chi connectivity index (χ1n) is 6.70. The molecule has 0 aliphatic rings. The summed E-state index contributed by atoms with van der Waals surface area (Å²) >= 11 is 7.01. The van der Waals surface area contributed by atoms with E-state index in [2.05, 4.69) is 37.9 Å². The fourth-order valence-corrected chi connectivity index (χ4v) is 3.66. The zero-order valence-corrected chi connectivity index (χ0v) is 13.5. The number of H-pyrrole nitrogens is 1. The van der Waals surface area contributed by atoms with Gasteiger partial charge in [0.05, 0.1) is 15.6 Å². The average molecular weight is 296 g/mol. The quantitative estimate of drug-likeness (QED) is 0.853. The van der Waals surface area contributed by atoms with E-state index in [1.54, 1.807) is 11.3 Å². The Morgan fingerprint density at radius 3 is 2.68 bits per heavy atom. The zero-order valence-electron chi connectivity index (χ0n) is 11.9. The second-order valence-electron chi connectivity index (χ2n) is 4.93. The van der Waals surface area contributed by atoms with E-state index in [4.69, 9.17) is 17.2 Å². The van der Waals surface area contributed by atoms with Gasteiger partial charge in [-0.3, -0.25) is 9.67 Å². The Kier molecular flexibility index (Phi) is 4.52. The maximum absolute atomic E-state index is 5.26. The van der Waals surface area contributed by atoms with E-state index < -0.39 is 0 Å². The van der Waals surface area contributed by atoms with Crippen molar-refractivity contribution in [1.29, 1.82) is 0 Å². The standard InChI is InChI=1S/C13H20N4S2/c1-5-9-11(19-10(14-9)7-8(3)4)12-15-16-13(18)17(12)6-2/h8H,5-7H2,1-4H3,(H,16,18). The predicted molar refractivity (Wildman–Crippen MR) is 82.1 cm³/mol. The number of thiazole rings is 1. The minimum absolute atomic E-state index is 0.621. The lowest BCUT2D eigenvalue weighted by atomic mass is 10.1.